The highest BCUT2D eigenvalue weighted by atomic mass is 16.3. The van der Waals surface area contributed by atoms with Gasteiger partial charge in [0.2, 0.25) is 0 Å². The number of hydrogen-bond acceptors (Lipinski definition) is 2. The summed E-state index contributed by atoms with van der Waals surface area (Å²) in [7, 11) is 0. The first-order chi connectivity index (χ1) is 5.11. The van der Waals surface area contributed by atoms with E-state index in [4.69, 9.17) is 10.8 Å². The average molecular weight is 151 g/mol. The van der Waals surface area contributed by atoms with Gasteiger partial charge in [0.1, 0.15) is 5.75 Å². The highest BCUT2D eigenvalue weighted by molar-refractivity contribution is 5.51. The number of nitrogens with two attached hydrogens (primary N) is 1. The SMILES string of the molecule is CC(C)c1cc(O)ccc1N. The van der Waals surface area contributed by atoms with Gasteiger partial charge in [-0.2, -0.15) is 0 Å². The molecule has 0 saturated heterocycles. The van der Waals surface area contributed by atoms with Crippen molar-refractivity contribution in [2.24, 2.45) is 0 Å². The second-order valence-electron chi connectivity index (χ2n) is 2.97. The van der Waals surface area contributed by atoms with Gasteiger partial charge in [-0.15, -0.1) is 0 Å². The molecular formula is C9H13NO. The third-order valence-corrected chi connectivity index (χ3v) is 1.69. The summed E-state index contributed by atoms with van der Waals surface area (Å²) in [5.41, 5.74) is 7.43. The third-order valence-electron chi connectivity index (χ3n) is 1.69. The van der Waals surface area contributed by atoms with Crippen LogP contribution in [0.5, 0.6) is 5.75 Å². The van der Waals surface area contributed by atoms with Gasteiger partial charge in [-0.05, 0) is 29.7 Å². The van der Waals surface area contributed by atoms with E-state index in [2.05, 4.69) is 0 Å². The van der Waals surface area contributed by atoms with E-state index < -0.39 is 0 Å². The van der Waals surface area contributed by atoms with Crippen LogP contribution in [-0.2, 0) is 0 Å². The first kappa shape index (κ1) is 7.92. The molecule has 0 atom stereocenters. The minimum Gasteiger partial charge on any atom is -0.508 e. The van der Waals surface area contributed by atoms with Crippen molar-refractivity contribution in [2.75, 3.05) is 5.73 Å². The number of rotatable bonds is 1. The van der Waals surface area contributed by atoms with Crippen LogP contribution in [0, 0.1) is 0 Å². The molecule has 1 rings (SSSR count). The maximum atomic E-state index is 9.13. The van der Waals surface area contributed by atoms with E-state index in [1.807, 2.05) is 13.8 Å². The van der Waals surface area contributed by atoms with Crippen molar-refractivity contribution >= 4 is 5.69 Å². The molecule has 60 valence electrons. The normalized spacial score (nSPS) is 10.5. The molecule has 0 radical (unpaired) electrons. The van der Waals surface area contributed by atoms with Crippen LogP contribution in [-0.4, -0.2) is 5.11 Å². The van der Waals surface area contributed by atoms with E-state index in [1.54, 1.807) is 18.2 Å². The van der Waals surface area contributed by atoms with Crippen molar-refractivity contribution in [3.05, 3.63) is 23.8 Å². The second kappa shape index (κ2) is 2.82. The Bertz CT molecular complexity index is 256. The topological polar surface area (TPSA) is 46.2 Å². The second-order valence-corrected chi connectivity index (χ2v) is 2.97. The standard InChI is InChI=1S/C9H13NO/c1-6(2)8-5-7(11)3-4-9(8)10/h3-6,11H,10H2,1-2H3. The van der Waals surface area contributed by atoms with Crippen molar-refractivity contribution < 1.29 is 5.11 Å². The predicted octanol–water partition coefficient (Wildman–Crippen LogP) is 2.10. The van der Waals surface area contributed by atoms with Crippen LogP contribution in [0.4, 0.5) is 5.69 Å². The summed E-state index contributed by atoms with van der Waals surface area (Å²) in [5, 5.41) is 9.13. The van der Waals surface area contributed by atoms with E-state index in [0.717, 1.165) is 11.3 Å². The number of nitrogen functional groups attached to an aromatic ring is 1. The molecular weight excluding hydrogens is 138 g/mol. The van der Waals surface area contributed by atoms with Crippen molar-refractivity contribution in [1.82, 2.24) is 0 Å². The zero-order chi connectivity index (χ0) is 8.43. The molecule has 2 heteroatoms. The summed E-state index contributed by atoms with van der Waals surface area (Å²) in [4.78, 5) is 0. The lowest BCUT2D eigenvalue weighted by Crippen LogP contribution is -1.95. The molecule has 0 bridgehead atoms. The zero-order valence-corrected chi connectivity index (χ0v) is 6.83. The van der Waals surface area contributed by atoms with Crippen LogP contribution in [0.1, 0.15) is 25.3 Å². The maximum absolute atomic E-state index is 9.13. The minimum absolute atomic E-state index is 0.280. The zero-order valence-electron chi connectivity index (χ0n) is 6.83. The van der Waals surface area contributed by atoms with Crippen LogP contribution < -0.4 is 5.73 Å². The summed E-state index contributed by atoms with van der Waals surface area (Å²) in [6.07, 6.45) is 0. The minimum atomic E-state index is 0.280. The molecule has 0 aliphatic carbocycles. The highest BCUT2D eigenvalue weighted by Gasteiger charge is 2.03. The van der Waals surface area contributed by atoms with E-state index in [-0.39, 0.29) is 5.75 Å². The van der Waals surface area contributed by atoms with Crippen LogP contribution >= 0.6 is 0 Å². The number of hydrogen-bond donors (Lipinski definition) is 2. The van der Waals surface area contributed by atoms with Gasteiger partial charge in [0.25, 0.3) is 0 Å². The summed E-state index contributed by atoms with van der Waals surface area (Å²) < 4.78 is 0. The number of aromatic hydroxyl groups is 1. The van der Waals surface area contributed by atoms with Gasteiger partial charge in [0, 0.05) is 5.69 Å². The largest absolute Gasteiger partial charge is 0.508 e. The summed E-state index contributed by atoms with van der Waals surface area (Å²) in [6.45, 7) is 4.09. The van der Waals surface area contributed by atoms with Gasteiger partial charge < -0.3 is 10.8 Å². The van der Waals surface area contributed by atoms with Crippen LogP contribution in [0.3, 0.4) is 0 Å². The van der Waals surface area contributed by atoms with Gasteiger partial charge in [0.15, 0.2) is 0 Å². The van der Waals surface area contributed by atoms with Crippen molar-refractivity contribution in [3.63, 3.8) is 0 Å². The fourth-order valence-electron chi connectivity index (χ4n) is 1.06. The molecule has 11 heavy (non-hydrogen) atoms. The van der Waals surface area contributed by atoms with Crippen molar-refractivity contribution in [1.29, 1.82) is 0 Å². The van der Waals surface area contributed by atoms with Gasteiger partial charge >= 0.3 is 0 Å². The molecule has 0 saturated carbocycles. The number of phenols is 1. The average Bonchev–Trinajstić information content (AvgIpc) is 1.94. The van der Waals surface area contributed by atoms with Crippen LogP contribution in [0.15, 0.2) is 18.2 Å². The Hall–Kier alpha value is -1.18. The lowest BCUT2D eigenvalue weighted by Gasteiger charge is -2.08. The molecule has 0 aliphatic rings. The smallest absolute Gasteiger partial charge is 0.116 e. The summed E-state index contributed by atoms with van der Waals surface area (Å²) >= 11 is 0. The van der Waals surface area contributed by atoms with Gasteiger partial charge in [-0.25, -0.2) is 0 Å². The molecule has 0 fully saturated rings. The molecule has 1 aromatic carbocycles. The molecule has 0 aliphatic heterocycles. The molecule has 0 unspecified atom stereocenters. The predicted molar refractivity (Wildman–Crippen MR) is 46.6 cm³/mol. The van der Waals surface area contributed by atoms with Gasteiger partial charge in [0.05, 0.1) is 0 Å². The lowest BCUT2D eigenvalue weighted by atomic mass is 10.0. The fraction of sp³-hybridized carbons (Fsp3) is 0.333. The summed E-state index contributed by atoms with van der Waals surface area (Å²) in [6, 6.07) is 5.03. The summed E-state index contributed by atoms with van der Waals surface area (Å²) in [5.74, 6) is 0.644. The Kier molecular flexibility index (Phi) is 2.03. The monoisotopic (exact) mass is 151 g/mol. The number of phenolic OH excluding ortho intramolecular Hbond substituents is 1. The van der Waals surface area contributed by atoms with Crippen LogP contribution in [0.25, 0.3) is 0 Å². The third kappa shape index (κ3) is 1.64. The molecule has 0 heterocycles. The first-order valence-corrected chi connectivity index (χ1v) is 3.69. The molecule has 0 amide bonds. The van der Waals surface area contributed by atoms with Gasteiger partial charge in [-0.1, -0.05) is 13.8 Å². The van der Waals surface area contributed by atoms with E-state index >= 15 is 0 Å². The quantitative estimate of drug-likeness (QED) is 0.477. The fourth-order valence-corrected chi connectivity index (χ4v) is 1.06. The highest BCUT2D eigenvalue weighted by Crippen LogP contribution is 2.25. The van der Waals surface area contributed by atoms with Crippen molar-refractivity contribution in [3.8, 4) is 5.75 Å². The Morgan fingerprint density at radius 1 is 1.36 bits per heavy atom. The van der Waals surface area contributed by atoms with Gasteiger partial charge in [-0.3, -0.25) is 0 Å². The van der Waals surface area contributed by atoms with E-state index in [9.17, 15) is 0 Å². The van der Waals surface area contributed by atoms with E-state index in [0.29, 0.717) is 5.92 Å². The molecule has 0 aromatic heterocycles. The number of anilines is 1. The Morgan fingerprint density at radius 3 is 2.45 bits per heavy atom. The molecule has 1 aromatic rings. The Labute approximate surface area is 66.7 Å². The molecule has 3 N–H and O–H groups in total. The lowest BCUT2D eigenvalue weighted by molar-refractivity contribution is 0.474. The Morgan fingerprint density at radius 2 is 2.00 bits per heavy atom. The molecule has 0 spiro atoms. The maximum Gasteiger partial charge on any atom is 0.116 e. The van der Waals surface area contributed by atoms with E-state index in [1.165, 1.54) is 0 Å². The number of benzene rings is 1. The van der Waals surface area contributed by atoms with Crippen LogP contribution in [0.2, 0.25) is 0 Å². The Balaban J connectivity index is 3.13. The molecule has 2 nitrogen and oxygen atoms in total. The first-order valence-electron chi connectivity index (χ1n) is 3.69. The van der Waals surface area contributed by atoms with Crippen molar-refractivity contribution in [2.45, 2.75) is 19.8 Å².